The SMILES string of the molecule is Cc1nc(C(=O)N2CSC[C@H]2CNC(=O)c2ccc(Cl)c3occc23)c(-c2ccc(F)cc2)s1. The van der Waals surface area contributed by atoms with E-state index in [1.165, 1.54) is 29.7 Å². The van der Waals surface area contributed by atoms with Crippen LogP contribution in [0, 0.1) is 12.7 Å². The van der Waals surface area contributed by atoms with E-state index in [4.69, 9.17) is 16.0 Å². The summed E-state index contributed by atoms with van der Waals surface area (Å²) in [7, 11) is 0. The monoisotopic (exact) mass is 515 g/mol. The molecule has 1 N–H and O–H groups in total. The van der Waals surface area contributed by atoms with Gasteiger partial charge in [-0.05, 0) is 42.8 Å². The highest BCUT2D eigenvalue weighted by atomic mass is 35.5. The molecule has 4 aromatic rings. The molecule has 174 valence electrons. The number of thioether (sulfide) groups is 1. The van der Waals surface area contributed by atoms with Crippen LogP contribution in [-0.4, -0.2) is 45.9 Å². The van der Waals surface area contributed by atoms with Crippen molar-refractivity contribution in [3.8, 4) is 10.4 Å². The molecule has 10 heteroatoms. The molecular weight excluding hydrogens is 497 g/mol. The molecule has 1 fully saturated rings. The topological polar surface area (TPSA) is 75.4 Å². The number of thiazole rings is 1. The third-order valence-electron chi connectivity index (χ3n) is 5.60. The highest BCUT2D eigenvalue weighted by Gasteiger charge is 2.33. The molecule has 0 radical (unpaired) electrons. The molecule has 0 bridgehead atoms. The molecule has 1 atom stereocenters. The third-order valence-corrected chi connectivity index (χ3v) is 8.00. The molecule has 2 amide bonds. The van der Waals surface area contributed by atoms with Gasteiger partial charge in [0.05, 0.1) is 38.7 Å². The number of furan rings is 1. The van der Waals surface area contributed by atoms with Gasteiger partial charge < -0.3 is 14.6 Å². The number of halogens is 2. The van der Waals surface area contributed by atoms with Gasteiger partial charge in [-0.3, -0.25) is 9.59 Å². The Morgan fingerprint density at radius 1 is 1.24 bits per heavy atom. The number of aromatic nitrogens is 1. The molecule has 3 heterocycles. The van der Waals surface area contributed by atoms with Crippen LogP contribution in [0.5, 0.6) is 0 Å². The predicted octanol–water partition coefficient (Wildman–Crippen LogP) is 5.60. The Morgan fingerprint density at radius 2 is 2.03 bits per heavy atom. The van der Waals surface area contributed by atoms with Gasteiger partial charge in [-0.2, -0.15) is 0 Å². The first-order valence-corrected chi connectivity index (χ1v) is 12.8. The lowest BCUT2D eigenvalue weighted by Crippen LogP contribution is -2.44. The summed E-state index contributed by atoms with van der Waals surface area (Å²) in [6, 6.07) is 10.9. The molecule has 5 rings (SSSR count). The number of fused-ring (bicyclic) bond motifs is 1. The summed E-state index contributed by atoms with van der Waals surface area (Å²) in [5.74, 6) is 0.410. The molecule has 0 aliphatic carbocycles. The van der Waals surface area contributed by atoms with E-state index < -0.39 is 0 Å². The maximum absolute atomic E-state index is 13.5. The number of nitrogens with one attached hydrogen (secondary N) is 1. The summed E-state index contributed by atoms with van der Waals surface area (Å²) in [5, 5.41) is 4.78. The van der Waals surface area contributed by atoms with Crippen molar-refractivity contribution in [1.82, 2.24) is 15.2 Å². The number of carbonyl (C=O) groups excluding carboxylic acids is 2. The summed E-state index contributed by atoms with van der Waals surface area (Å²) >= 11 is 9.17. The minimum atomic E-state index is -0.335. The normalized spacial score (nSPS) is 15.7. The highest BCUT2D eigenvalue weighted by molar-refractivity contribution is 7.99. The fourth-order valence-corrected chi connectivity index (χ4v) is 6.24. The highest BCUT2D eigenvalue weighted by Crippen LogP contribution is 2.33. The van der Waals surface area contributed by atoms with E-state index in [-0.39, 0.29) is 23.7 Å². The van der Waals surface area contributed by atoms with E-state index in [0.717, 1.165) is 10.6 Å². The van der Waals surface area contributed by atoms with Gasteiger partial charge in [0, 0.05) is 17.7 Å². The van der Waals surface area contributed by atoms with Crippen molar-refractivity contribution in [1.29, 1.82) is 0 Å². The molecule has 34 heavy (non-hydrogen) atoms. The van der Waals surface area contributed by atoms with Gasteiger partial charge in [-0.25, -0.2) is 9.37 Å². The lowest BCUT2D eigenvalue weighted by Gasteiger charge is -2.24. The molecule has 1 aliphatic rings. The van der Waals surface area contributed by atoms with Gasteiger partial charge in [0.2, 0.25) is 0 Å². The maximum atomic E-state index is 13.5. The lowest BCUT2D eigenvalue weighted by atomic mass is 10.1. The van der Waals surface area contributed by atoms with Crippen LogP contribution in [0.15, 0.2) is 53.1 Å². The van der Waals surface area contributed by atoms with Gasteiger partial charge in [0.1, 0.15) is 11.5 Å². The second kappa shape index (κ2) is 9.40. The zero-order chi connectivity index (χ0) is 23.8. The molecule has 0 spiro atoms. The van der Waals surface area contributed by atoms with E-state index >= 15 is 0 Å². The third kappa shape index (κ3) is 4.31. The lowest BCUT2D eigenvalue weighted by molar-refractivity contribution is 0.0732. The fraction of sp³-hybridized carbons (Fsp3) is 0.208. The number of aryl methyl sites for hydroxylation is 1. The second-order valence-electron chi connectivity index (χ2n) is 7.81. The van der Waals surface area contributed by atoms with Crippen molar-refractivity contribution in [3.63, 3.8) is 0 Å². The Balaban J connectivity index is 1.33. The van der Waals surface area contributed by atoms with Crippen molar-refractivity contribution < 1.29 is 18.4 Å². The van der Waals surface area contributed by atoms with Gasteiger partial charge in [-0.1, -0.05) is 23.7 Å². The van der Waals surface area contributed by atoms with E-state index in [2.05, 4.69) is 10.3 Å². The first-order chi connectivity index (χ1) is 16.4. The van der Waals surface area contributed by atoms with Crippen molar-refractivity contribution in [2.45, 2.75) is 13.0 Å². The van der Waals surface area contributed by atoms with Crippen molar-refractivity contribution in [2.24, 2.45) is 0 Å². The molecule has 1 aliphatic heterocycles. The summed E-state index contributed by atoms with van der Waals surface area (Å²) in [4.78, 5) is 33.3. The van der Waals surface area contributed by atoms with Gasteiger partial charge in [-0.15, -0.1) is 23.1 Å². The molecule has 6 nitrogen and oxygen atoms in total. The average Bonchev–Trinajstić information content (AvgIpc) is 3.57. The van der Waals surface area contributed by atoms with Crippen LogP contribution in [0.1, 0.15) is 25.9 Å². The first kappa shape index (κ1) is 22.9. The molecule has 0 unspecified atom stereocenters. The van der Waals surface area contributed by atoms with Crippen LogP contribution >= 0.6 is 34.7 Å². The zero-order valence-corrected chi connectivity index (χ0v) is 20.4. The largest absolute Gasteiger partial charge is 0.463 e. The van der Waals surface area contributed by atoms with E-state index in [9.17, 15) is 14.0 Å². The average molecular weight is 516 g/mol. The molecule has 2 aromatic carbocycles. The second-order valence-corrected chi connectivity index (χ2v) is 10.4. The predicted molar refractivity (Wildman–Crippen MR) is 133 cm³/mol. The smallest absolute Gasteiger partial charge is 0.275 e. The Kier molecular flexibility index (Phi) is 6.33. The number of amides is 2. The van der Waals surface area contributed by atoms with Crippen LogP contribution in [0.4, 0.5) is 4.39 Å². The van der Waals surface area contributed by atoms with Gasteiger partial charge in [0.15, 0.2) is 5.58 Å². The Morgan fingerprint density at radius 3 is 2.82 bits per heavy atom. The zero-order valence-electron chi connectivity index (χ0n) is 18.0. The van der Waals surface area contributed by atoms with Gasteiger partial charge >= 0.3 is 0 Å². The number of benzene rings is 2. The Labute approximate surface area is 208 Å². The minimum Gasteiger partial charge on any atom is -0.463 e. The van der Waals surface area contributed by atoms with E-state index in [1.807, 2.05) is 6.92 Å². The van der Waals surface area contributed by atoms with Crippen LogP contribution in [0.2, 0.25) is 5.02 Å². The van der Waals surface area contributed by atoms with Crippen LogP contribution in [0.3, 0.4) is 0 Å². The number of hydrogen-bond acceptors (Lipinski definition) is 6. The van der Waals surface area contributed by atoms with Crippen LogP contribution in [0.25, 0.3) is 21.4 Å². The Hall–Kier alpha value is -2.88. The molecule has 1 saturated heterocycles. The van der Waals surface area contributed by atoms with Crippen molar-refractivity contribution >= 4 is 57.5 Å². The quantitative estimate of drug-likeness (QED) is 0.374. The molecule has 0 saturated carbocycles. The number of hydrogen-bond donors (Lipinski definition) is 1. The maximum Gasteiger partial charge on any atom is 0.275 e. The van der Waals surface area contributed by atoms with Gasteiger partial charge in [0.25, 0.3) is 11.8 Å². The minimum absolute atomic E-state index is 0.184. The van der Waals surface area contributed by atoms with Crippen LogP contribution in [-0.2, 0) is 0 Å². The van der Waals surface area contributed by atoms with E-state index in [1.54, 1.807) is 47.0 Å². The van der Waals surface area contributed by atoms with Crippen LogP contribution < -0.4 is 5.32 Å². The fourth-order valence-electron chi connectivity index (χ4n) is 3.91. The summed E-state index contributed by atoms with van der Waals surface area (Å²) < 4.78 is 18.8. The summed E-state index contributed by atoms with van der Waals surface area (Å²) in [6.07, 6.45) is 1.50. The molecular formula is C24H19ClFN3O3S2. The number of carbonyl (C=O) groups is 2. The van der Waals surface area contributed by atoms with Crippen molar-refractivity contribution in [3.05, 3.63) is 75.8 Å². The van der Waals surface area contributed by atoms with E-state index in [0.29, 0.717) is 50.3 Å². The molecule has 2 aromatic heterocycles. The number of nitrogens with zero attached hydrogens (tertiary/aromatic N) is 2. The standard InChI is InChI=1S/C24H19ClFN3O3S2/c1-13-28-20(22(34-13)14-2-4-15(26)5-3-14)24(31)29-12-33-11-16(29)10-27-23(30)18-6-7-19(25)21-17(18)8-9-32-21/h2-9,16H,10-12H2,1H3,(H,27,30)/t16-/m1/s1. The Bertz CT molecular complexity index is 1390. The number of rotatable bonds is 5. The first-order valence-electron chi connectivity index (χ1n) is 10.5. The van der Waals surface area contributed by atoms with Crippen molar-refractivity contribution in [2.75, 3.05) is 18.2 Å². The summed E-state index contributed by atoms with van der Waals surface area (Å²) in [6.45, 7) is 2.14. The summed E-state index contributed by atoms with van der Waals surface area (Å²) in [5.41, 5.74) is 2.03.